The highest BCUT2D eigenvalue weighted by atomic mass is 16.7. The quantitative estimate of drug-likeness (QED) is 0.563. The zero-order valence-electron chi connectivity index (χ0n) is 16.0. The second-order valence-corrected chi connectivity index (χ2v) is 7.55. The fourth-order valence-electron chi connectivity index (χ4n) is 2.71. The summed E-state index contributed by atoms with van der Waals surface area (Å²) in [7, 11) is -0.377. The minimum atomic E-state index is -0.377. The molecule has 1 heterocycles. The molecule has 1 fully saturated rings. The second-order valence-electron chi connectivity index (χ2n) is 7.55. The average Bonchev–Trinajstić information content (AvgIpc) is 2.84. The van der Waals surface area contributed by atoms with Gasteiger partial charge < -0.3 is 18.8 Å². The third kappa shape index (κ3) is 4.47. The van der Waals surface area contributed by atoms with Crippen molar-refractivity contribution in [2.45, 2.75) is 45.5 Å². The molecule has 2 aromatic carbocycles. The molecule has 0 bridgehead atoms. The summed E-state index contributed by atoms with van der Waals surface area (Å²) in [6.07, 6.45) is 0. The van der Waals surface area contributed by atoms with E-state index >= 15 is 0 Å². The van der Waals surface area contributed by atoms with Crippen molar-refractivity contribution < 1.29 is 18.8 Å². The molecular weight excluding hydrogens is 327 g/mol. The van der Waals surface area contributed by atoms with Crippen molar-refractivity contribution in [3.8, 4) is 5.75 Å². The van der Waals surface area contributed by atoms with Gasteiger partial charge in [0.05, 0.1) is 24.4 Å². The SMILES string of the molecule is CC1(C)OB(c2cccc(OCCOCc3ccccc3)c2)OC1(C)C. The van der Waals surface area contributed by atoms with Crippen molar-refractivity contribution >= 4 is 12.6 Å². The lowest BCUT2D eigenvalue weighted by molar-refractivity contribution is 0.00578. The molecule has 0 aliphatic carbocycles. The van der Waals surface area contributed by atoms with Crippen LogP contribution in [0, 0.1) is 0 Å². The summed E-state index contributed by atoms with van der Waals surface area (Å²) in [5.41, 5.74) is 1.43. The number of benzene rings is 2. The molecule has 138 valence electrons. The summed E-state index contributed by atoms with van der Waals surface area (Å²) >= 11 is 0. The van der Waals surface area contributed by atoms with Crippen LogP contribution in [0.15, 0.2) is 54.6 Å². The molecule has 3 rings (SSSR count). The van der Waals surface area contributed by atoms with Crippen molar-refractivity contribution in [3.05, 3.63) is 60.2 Å². The van der Waals surface area contributed by atoms with Crippen molar-refractivity contribution in [1.82, 2.24) is 0 Å². The van der Waals surface area contributed by atoms with Crippen molar-refractivity contribution in [2.24, 2.45) is 0 Å². The van der Waals surface area contributed by atoms with Gasteiger partial charge in [-0.05, 0) is 50.9 Å². The van der Waals surface area contributed by atoms with Gasteiger partial charge in [-0.25, -0.2) is 0 Å². The third-order valence-corrected chi connectivity index (χ3v) is 4.99. The molecule has 0 atom stereocenters. The highest BCUT2D eigenvalue weighted by Crippen LogP contribution is 2.36. The molecule has 0 spiro atoms. The normalized spacial score (nSPS) is 18.1. The first-order valence-electron chi connectivity index (χ1n) is 9.07. The highest BCUT2D eigenvalue weighted by molar-refractivity contribution is 6.62. The van der Waals surface area contributed by atoms with Crippen LogP contribution >= 0.6 is 0 Å². The second kappa shape index (κ2) is 7.83. The number of hydrogen-bond acceptors (Lipinski definition) is 4. The maximum Gasteiger partial charge on any atom is 0.494 e. The Morgan fingerprint density at radius 2 is 1.54 bits per heavy atom. The van der Waals surface area contributed by atoms with E-state index < -0.39 is 0 Å². The van der Waals surface area contributed by atoms with E-state index in [9.17, 15) is 0 Å². The van der Waals surface area contributed by atoms with Gasteiger partial charge in [0.2, 0.25) is 0 Å². The van der Waals surface area contributed by atoms with E-state index in [2.05, 4.69) is 39.8 Å². The van der Waals surface area contributed by atoms with E-state index in [-0.39, 0.29) is 18.3 Å². The van der Waals surface area contributed by atoms with E-state index in [0.717, 1.165) is 16.8 Å². The van der Waals surface area contributed by atoms with E-state index in [1.54, 1.807) is 0 Å². The van der Waals surface area contributed by atoms with E-state index in [1.165, 1.54) is 0 Å². The summed E-state index contributed by atoms with van der Waals surface area (Å²) < 4.78 is 23.7. The smallest absolute Gasteiger partial charge is 0.491 e. The summed E-state index contributed by atoms with van der Waals surface area (Å²) in [4.78, 5) is 0. The minimum Gasteiger partial charge on any atom is -0.491 e. The van der Waals surface area contributed by atoms with Crippen LogP contribution in [-0.4, -0.2) is 31.5 Å². The standard InChI is InChI=1S/C21H27BO4/c1-20(2)21(3,4)26-22(25-20)18-11-8-12-19(15-18)24-14-13-23-16-17-9-6-5-7-10-17/h5-12,15H,13-14,16H2,1-4H3. The molecular formula is C21H27BO4. The topological polar surface area (TPSA) is 36.9 Å². The molecule has 26 heavy (non-hydrogen) atoms. The Balaban J connectivity index is 1.49. The minimum absolute atomic E-state index is 0.347. The molecule has 0 saturated carbocycles. The van der Waals surface area contributed by atoms with Gasteiger partial charge >= 0.3 is 7.12 Å². The number of rotatable bonds is 7. The van der Waals surface area contributed by atoms with Crippen LogP contribution in [0.1, 0.15) is 33.3 Å². The van der Waals surface area contributed by atoms with Gasteiger partial charge in [-0.2, -0.15) is 0 Å². The molecule has 0 amide bonds. The predicted octanol–water partition coefficient (Wildman–Crippen LogP) is 3.58. The van der Waals surface area contributed by atoms with Crippen LogP contribution in [0.3, 0.4) is 0 Å². The largest absolute Gasteiger partial charge is 0.494 e. The van der Waals surface area contributed by atoms with Gasteiger partial charge in [0.15, 0.2) is 0 Å². The number of ether oxygens (including phenoxy) is 2. The Morgan fingerprint density at radius 1 is 0.846 bits per heavy atom. The molecule has 0 N–H and O–H groups in total. The predicted molar refractivity (Wildman–Crippen MR) is 104 cm³/mol. The summed E-state index contributed by atoms with van der Waals surface area (Å²) in [6.45, 7) is 9.84. The highest BCUT2D eigenvalue weighted by Gasteiger charge is 2.51. The van der Waals surface area contributed by atoms with Crippen molar-refractivity contribution in [1.29, 1.82) is 0 Å². The molecule has 1 saturated heterocycles. The molecule has 0 radical (unpaired) electrons. The third-order valence-electron chi connectivity index (χ3n) is 4.99. The monoisotopic (exact) mass is 354 g/mol. The fraction of sp³-hybridized carbons (Fsp3) is 0.429. The first-order valence-corrected chi connectivity index (χ1v) is 9.07. The maximum atomic E-state index is 6.09. The van der Waals surface area contributed by atoms with Crippen LogP contribution in [0.25, 0.3) is 0 Å². The Kier molecular flexibility index (Phi) is 5.71. The van der Waals surface area contributed by atoms with Crippen molar-refractivity contribution in [3.63, 3.8) is 0 Å². The van der Waals surface area contributed by atoms with Gasteiger partial charge in [0.1, 0.15) is 12.4 Å². The first kappa shape index (κ1) is 19.0. The van der Waals surface area contributed by atoms with Gasteiger partial charge in [0, 0.05) is 0 Å². The Bertz CT molecular complexity index is 699. The van der Waals surface area contributed by atoms with E-state index in [4.69, 9.17) is 18.8 Å². The van der Waals surface area contributed by atoms with Crippen molar-refractivity contribution in [2.75, 3.05) is 13.2 Å². The zero-order valence-corrected chi connectivity index (χ0v) is 16.0. The fourth-order valence-corrected chi connectivity index (χ4v) is 2.71. The van der Waals surface area contributed by atoms with Crippen LogP contribution in [0.2, 0.25) is 0 Å². The molecule has 1 aliphatic heterocycles. The van der Waals surface area contributed by atoms with E-state index in [1.807, 2.05) is 42.5 Å². The van der Waals surface area contributed by atoms with Crippen LogP contribution in [0.5, 0.6) is 5.75 Å². The molecule has 0 unspecified atom stereocenters. The molecule has 2 aromatic rings. The van der Waals surface area contributed by atoms with Crippen LogP contribution in [-0.2, 0) is 20.7 Å². The molecule has 0 aromatic heterocycles. The zero-order chi connectivity index (χ0) is 18.6. The maximum absolute atomic E-state index is 6.09. The van der Waals surface area contributed by atoms with E-state index in [0.29, 0.717) is 19.8 Å². The van der Waals surface area contributed by atoms with Gasteiger partial charge in [-0.1, -0.05) is 42.5 Å². The Hall–Kier alpha value is -1.82. The summed E-state index contributed by atoms with van der Waals surface area (Å²) in [5, 5.41) is 0. The average molecular weight is 354 g/mol. The Labute approximate surface area is 156 Å². The summed E-state index contributed by atoms with van der Waals surface area (Å²) in [5.74, 6) is 0.792. The van der Waals surface area contributed by atoms with Gasteiger partial charge in [0.25, 0.3) is 0 Å². The summed E-state index contributed by atoms with van der Waals surface area (Å²) in [6, 6.07) is 18.0. The lowest BCUT2D eigenvalue weighted by atomic mass is 9.79. The molecule has 5 heteroatoms. The Morgan fingerprint density at radius 3 is 2.23 bits per heavy atom. The lowest BCUT2D eigenvalue weighted by Crippen LogP contribution is -2.41. The van der Waals surface area contributed by atoms with Crippen LogP contribution in [0.4, 0.5) is 0 Å². The van der Waals surface area contributed by atoms with Gasteiger partial charge in [-0.15, -0.1) is 0 Å². The lowest BCUT2D eigenvalue weighted by Gasteiger charge is -2.32. The first-order chi connectivity index (χ1) is 12.4. The molecule has 1 aliphatic rings. The number of hydrogen-bond donors (Lipinski definition) is 0. The molecule has 4 nitrogen and oxygen atoms in total. The van der Waals surface area contributed by atoms with Gasteiger partial charge in [-0.3, -0.25) is 0 Å². The van der Waals surface area contributed by atoms with Crippen LogP contribution < -0.4 is 10.2 Å².